The van der Waals surface area contributed by atoms with Crippen LogP contribution in [0.1, 0.15) is 10.4 Å². The molecule has 0 radical (unpaired) electrons. The van der Waals surface area contributed by atoms with Crippen LogP contribution in [0.3, 0.4) is 0 Å². The molecule has 0 unspecified atom stereocenters. The lowest BCUT2D eigenvalue weighted by atomic mass is 10.1. The van der Waals surface area contributed by atoms with Gasteiger partial charge in [-0.15, -0.1) is 0 Å². The third-order valence-electron chi connectivity index (χ3n) is 3.32. The van der Waals surface area contributed by atoms with Crippen LogP contribution < -0.4 is 5.73 Å². The molecule has 19 heavy (non-hydrogen) atoms. The van der Waals surface area contributed by atoms with Gasteiger partial charge in [-0.25, -0.2) is 4.39 Å². The number of hydrogen-bond donors (Lipinski definition) is 2. The van der Waals surface area contributed by atoms with E-state index in [1.54, 1.807) is 4.90 Å². The normalized spacial score (nSPS) is 16.6. The number of carbonyl (C=O) groups is 1. The van der Waals surface area contributed by atoms with Gasteiger partial charge in [0.15, 0.2) is 0 Å². The molecule has 0 aliphatic carbocycles. The lowest BCUT2D eigenvalue weighted by Crippen LogP contribution is -2.49. The molecule has 1 heterocycles. The highest BCUT2D eigenvalue weighted by atomic mass is 19.1. The van der Waals surface area contributed by atoms with Crippen molar-refractivity contribution in [2.75, 3.05) is 45.1 Å². The van der Waals surface area contributed by atoms with Crippen molar-refractivity contribution in [2.45, 2.75) is 0 Å². The molecule has 1 amide bonds. The summed E-state index contributed by atoms with van der Waals surface area (Å²) in [6.45, 7) is 3.45. The van der Waals surface area contributed by atoms with E-state index in [2.05, 4.69) is 4.90 Å². The van der Waals surface area contributed by atoms with Gasteiger partial charge >= 0.3 is 0 Å². The summed E-state index contributed by atoms with van der Waals surface area (Å²) in [5.41, 5.74) is 5.87. The summed E-state index contributed by atoms with van der Waals surface area (Å²) in [4.78, 5) is 16.0. The van der Waals surface area contributed by atoms with Gasteiger partial charge in [0.2, 0.25) is 0 Å². The van der Waals surface area contributed by atoms with Crippen LogP contribution in [0.5, 0.6) is 0 Å². The molecule has 1 aromatic rings. The molecule has 0 bridgehead atoms. The van der Waals surface area contributed by atoms with Crippen molar-refractivity contribution in [3.63, 3.8) is 0 Å². The highest BCUT2D eigenvalue weighted by molar-refractivity contribution is 5.95. The fraction of sp³-hybridized carbons (Fsp3) is 0.462. The van der Waals surface area contributed by atoms with Gasteiger partial charge in [-0.3, -0.25) is 9.69 Å². The topological polar surface area (TPSA) is 69.8 Å². The van der Waals surface area contributed by atoms with Gasteiger partial charge in [-0.05, 0) is 18.2 Å². The van der Waals surface area contributed by atoms with Gasteiger partial charge in [0, 0.05) is 38.3 Å². The maximum atomic E-state index is 13.1. The van der Waals surface area contributed by atoms with Gasteiger partial charge in [0.25, 0.3) is 5.91 Å². The summed E-state index contributed by atoms with van der Waals surface area (Å²) in [5, 5.41) is 8.86. The SMILES string of the molecule is Nc1cc(C(=O)N2CCN(CCO)CC2)ccc1F. The van der Waals surface area contributed by atoms with E-state index in [0.29, 0.717) is 25.2 Å². The van der Waals surface area contributed by atoms with Crippen LogP contribution in [0, 0.1) is 5.82 Å². The molecule has 5 nitrogen and oxygen atoms in total. The minimum Gasteiger partial charge on any atom is -0.396 e. The second-order valence-corrected chi connectivity index (χ2v) is 4.59. The third-order valence-corrected chi connectivity index (χ3v) is 3.32. The molecule has 104 valence electrons. The number of anilines is 1. The molecule has 0 saturated carbocycles. The molecule has 2 rings (SSSR count). The summed E-state index contributed by atoms with van der Waals surface area (Å²) in [5.74, 6) is -0.639. The maximum Gasteiger partial charge on any atom is 0.254 e. The van der Waals surface area contributed by atoms with Crippen molar-refractivity contribution < 1.29 is 14.3 Å². The minimum atomic E-state index is -0.510. The van der Waals surface area contributed by atoms with Crippen molar-refractivity contribution in [3.8, 4) is 0 Å². The van der Waals surface area contributed by atoms with E-state index in [1.165, 1.54) is 18.2 Å². The third kappa shape index (κ3) is 3.21. The standard InChI is InChI=1S/C13H18FN3O2/c14-11-2-1-10(9-12(11)15)13(19)17-5-3-16(4-6-17)7-8-18/h1-2,9,18H,3-8,15H2. The highest BCUT2D eigenvalue weighted by Crippen LogP contribution is 2.15. The first-order valence-electron chi connectivity index (χ1n) is 6.29. The first-order valence-corrected chi connectivity index (χ1v) is 6.29. The van der Waals surface area contributed by atoms with Gasteiger partial charge in [0.05, 0.1) is 12.3 Å². The first kappa shape index (κ1) is 13.8. The zero-order valence-electron chi connectivity index (χ0n) is 10.7. The summed E-state index contributed by atoms with van der Waals surface area (Å²) in [6, 6.07) is 4.04. The van der Waals surface area contributed by atoms with E-state index >= 15 is 0 Å². The fourth-order valence-electron chi connectivity index (χ4n) is 2.18. The molecule has 1 aromatic carbocycles. The fourth-order valence-corrected chi connectivity index (χ4v) is 2.18. The molecule has 1 aliphatic heterocycles. The number of rotatable bonds is 3. The van der Waals surface area contributed by atoms with E-state index in [1.807, 2.05) is 0 Å². The van der Waals surface area contributed by atoms with Crippen LogP contribution in [0.25, 0.3) is 0 Å². The first-order chi connectivity index (χ1) is 9.11. The number of hydrogen-bond acceptors (Lipinski definition) is 4. The van der Waals surface area contributed by atoms with Crippen LogP contribution in [-0.4, -0.2) is 60.1 Å². The number of aliphatic hydroxyl groups excluding tert-OH is 1. The molecule has 0 atom stereocenters. The number of aliphatic hydroxyl groups is 1. The molecule has 3 N–H and O–H groups in total. The Bertz CT molecular complexity index is 459. The Morgan fingerprint density at radius 2 is 2.00 bits per heavy atom. The minimum absolute atomic E-state index is 0.00948. The Morgan fingerprint density at radius 1 is 1.32 bits per heavy atom. The number of nitrogens with two attached hydrogens (primary N) is 1. The quantitative estimate of drug-likeness (QED) is 0.765. The average molecular weight is 267 g/mol. The van der Waals surface area contributed by atoms with Gasteiger partial charge in [0.1, 0.15) is 5.82 Å². The van der Waals surface area contributed by atoms with Crippen LogP contribution in [-0.2, 0) is 0 Å². The number of nitrogen functional groups attached to an aromatic ring is 1. The number of β-amino-alcohol motifs (C(OH)–C–C–N with tert-alkyl or cyclic N) is 1. The summed E-state index contributed by atoms with van der Waals surface area (Å²) < 4.78 is 13.1. The Hall–Kier alpha value is -1.66. The van der Waals surface area contributed by atoms with E-state index in [9.17, 15) is 9.18 Å². The Morgan fingerprint density at radius 3 is 2.58 bits per heavy atom. The molecule has 0 spiro atoms. The van der Waals surface area contributed by atoms with E-state index in [4.69, 9.17) is 10.8 Å². The summed E-state index contributed by atoms with van der Waals surface area (Å²) >= 11 is 0. The van der Waals surface area contributed by atoms with E-state index in [-0.39, 0.29) is 18.2 Å². The largest absolute Gasteiger partial charge is 0.396 e. The van der Waals surface area contributed by atoms with Crippen LogP contribution in [0.2, 0.25) is 0 Å². The second-order valence-electron chi connectivity index (χ2n) is 4.59. The molecule has 6 heteroatoms. The zero-order valence-corrected chi connectivity index (χ0v) is 10.7. The Labute approximate surface area is 111 Å². The molecule has 1 saturated heterocycles. The second kappa shape index (κ2) is 5.99. The van der Waals surface area contributed by atoms with Crippen LogP contribution >= 0.6 is 0 Å². The lowest BCUT2D eigenvalue weighted by Gasteiger charge is -2.34. The van der Waals surface area contributed by atoms with Crippen molar-refractivity contribution in [1.29, 1.82) is 0 Å². The Kier molecular flexibility index (Phi) is 4.34. The van der Waals surface area contributed by atoms with Crippen molar-refractivity contribution >= 4 is 11.6 Å². The summed E-state index contributed by atoms with van der Waals surface area (Å²) in [6.07, 6.45) is 0. The maximum absolute atomic E-state index is 13.1. The number of benzene rings is 1. The number of halogens is 1. The average Bonchev–Trinajstić information content (AvgIpc) is 2.42. The highest BCUT2D eigenvalue weighted by Gasteiger charge is 2.22. The van der Waals surface area contributed by atoms with Crippen LogP contribution in [0.4, 0.5) is 10.1 Å². The summed E-state index contributed by atoms with van der Waals surface area (Å²) in [7, 11) is 0. The van der Waals surface area contributed by atoms with Crippen LogP contribution in [0.15, 0.2) is 18.2 Å². The smallest absolute Gasteiger partial charge is 0.254 e. The monoisotopic (exact) mass is 267 g/mol. The van der Waals surface area contributed by atoms with Crippen molar-refractivity contribution in [2.24, 2.45) is 0 Å². The molecular formula is C13H18FN3O2. The van der Waals surface area contributed by atoms with Crippen molar-refractivity contribution in [1.82, 2.24) is 9.80 Å². The molecule has 1 aliphatic rings. The van der Waals surface area contributed by atoms with Gasteiger partial charge in [-0.2, -0.15) is 0 Å². The molecule has 0 aromatic heterocycles. The lowest BCUT2D eigenvalue weighted by molar-refractivity contribution is 0.0615. The predicted molar refractivity (Wildman–Crippen MR) is 70.2 cm³/mol. The zero-order chi connectivity index (χ0) is 13.8. The van der Waals surface area contributed by atoms with Crippen molar-refractivity contribution in [3.05, 3.63) is 29.6 Å². The number of carbonyl (C=O) groups excluding carboxylic acids is 1. The van der Waals surface area contributed by atoms with Gasteiger partial charge in [-0.1, -0.05) is 0 Å². The molecular weight excluding hydrogens is 249 g/mol. The van der Waals surface area contributed by atoms with E-state index < -0.39 is 5.82 Å². The Balaban J connectivity index is 1.99. The number of piperazine rings is 1. The number of amides is 1. The predicted octanol–water partition coefficient (Wildman–Crippen LogP) is 0.158. The molecule has 1 fully saturated rings. The van der Waals surface area contributed by atoms with E-state index in [0.717, 1.165) is 13.1 Å². The van der Waals surface area contributed by atoms with Gasteiger partial charge < -0.3 is 15.7 Å². The number of nitrogens with zero attached hydrogens (tertiary/aromatic N) is 2.